The van der Waals surface area contributed by atoms with Gasteiger partial charge in [-0.05, 0) is 61.8 Å². The highest BCUT2D eigenvalue weighted by atomic mass is 15.2. The van der Waals surface area contributed by atoms with Gasteiger partial charge in [-0.15, -0.1) is 0 Å². The molecule has 1 aliphatic heterocycles. The maximum Gasteiger partial charge on any atom is 0.0413 e. The van der Waals surface area contributed by atoms with Gasteiger partial charge in [-0.1, -0.05) is 39.3 Å². The van der Waals surface area contributed by atoms with Crippen LogP contribution in [0.5, 0.6) is 0 Å². The molecule has 20 heavy (non-hydrogen) atoms. The van der Waals surface area contributed by atoms with E-state index in [9.17, 15) is 0 Å². The molecular weight excluding hydrogens is 242 g/mol. The first-order chi connectivity index (χ1) is 9.65. The van der Waals surface area contributed by atoms with Crippen LogP contribution in [0.4, 0.5) is 5.69 Å². The van der Waals surface area contributed by atoms with Gasteiger partial charge in [0.1, 0.15) is 0 Å². The number of hydrogen-bond donors (Lipinski definition) is 0. The second kappa shape index (κ2) is 6.97. The second-order valence-electron chi connectivity index (χ2n) is 6.20. The molecule has 1 aromatic rings. The lowest BCUT2D eigenvalue weighted by Gasteiger charge is -2.23. The topological polar surface area (TPSA) is 3.24 Å². The molecule has 0 aliphatic carbocycles. The van der Waals surface area contributed by atoms with Crippen LogP contribution < -0.4 is 4.90 Å². The fourth-order valence-corrected chi connectivity index (χ4v) is 3.40. The summed E-state index contributed by atoms with van der Waals surface area (Å²) in [5.41, 5.74) is 5.56. The first-order valence-electron chi connectivity index (χ1n) is 8.22. The molecule has 0 unspecified atom stereocenters. The summed E-state index contributed by atoms with van der Waals surface area (Å²) in [4.78, 5) is 2.41. The number of hydrogen-bond acceptors (Lipinski definition) is 1. The van der Waals surface area contributed by atoms with E-state index in [4.69, 9.17) is 0 Å². The number of anilines is 1. The largest absolute Gasteiger partial charge is 0.346 e. The number of nitrogens with zero attached hydrogens (tertiary/aromatic N) is 1. The molecule has 0 radical (unpaired) electrons. The second-order valence-corrected chi connectivity index (χ2v) is 6.20. The molecule has 0 aromatic heterocycles. The van der Waals surface area contributed by atoms with Crippen LogP contribution in [0, 0.1) is 6.92 Å². The van der Waals surface area contributed by atoms with Crippen LogP contribution >= 0.6 is 0 Å². The van der Waals surface area contributed by atoms with Crippen molar-refractivity contribution < 1.29 is 0 Å². The molecular formula is C19H29N. The van der Waals surface area contributed by atoms with Gasteiger partial charge in [0.25, 0.3) is 0 Å². The minimum atomic E-state index is 0.722. The maximum atomic E-state index is 4.21. The van der Waals surface area contributed by atoms with E-state index in [1.807, 2.05) is 0 Å². The van der Waals surface area contributed by atoms with E-state index in [0.717, 1.165) is 18.9 Å². The molecule has 1 aliphatic rings. The van der Waals surface area contributed by atoms with Crippen molar-refractivity contribution >= 4 is 5.69 Å². The maximum absolute atomic E-state index is 4.21. The Balaban J connectivity index is 2.29. The Morgan fingerprint density at radius 3 is 2.40 bits per heavy atom. The molecule has 0 amide bonds. The normalized spacial score (nSPS) is 15.4. The molecule has 1 heterocycles. The van der Waals surface area contributed by atoms with E-state index in [1.54, 1.807) is 0 Å². The van der Waals surface area contributed by atoms with Crippen molar-refractivity contribution in [2.24, 2.45) is 0 Å². The molecule has 0 N–H and O–H groups in total. The smallest absolute Gasteiger partial charge is 0.0413 e. The highest BCUT2D eigenvalue weighted by Gasteiger charge is 2.19. The summed E-state index contributed by atoms with van der Waals surface area (Å²) in [6, 6.07) is 7.12. The SMILES string of the molecule is C=C1CCCN1c1cc(C)cc(C(CCC)CCC)c1. The summed E-state index contributed by atoms with van der Waals surface area (Å²) in [6.07, 6.45) is 7.54. The lowest BCUT2D eigenvalue weighted by molar-refractivity contribution is 0.560. The molecule has 1 fully saturated rings. The molecule has 110 valence electrons. The third-order valence-corrected chi connectivity index (χ3v) is 4.37. The highest BCUT2D eigenvalue weighted by molar-refractivity contribution is 5.56. The van der Waals surface area contributed by atoms with Gasteiger partial charge in [-0.2, -0.15) is 0 Å². The van der Waals surface area contributed by atoms with Gasteiger partial charge in [-0.25, -0.2) is 0 Å². The zero-order valence-corrected chi connectivity index (χ0v) is 13.4. The van der Waals surface area contributed by atoms with Crippen LogP contribution in [-0.2, 0) is 0 Å². The molecule has 2 rings (SSSR count). The van der Waals surface area contributed by atoms with Crippen molar-refractivity contribution in [1.82, 2.24) is 0 Å². The molecule has 1 nitrogen and oxygen atoms in total. The van der Waals surface area contributed by atoms with E-state index >= 15 is 0 Å². The number of allylic oxidation sites excluding steroid dienone is 1. The van der Waals surface area contributed by atoms with Crippen LogP contribution in [0.3, 0.4) is 0 Å². The molecule has 0 atom stereocenters. The Bertz CT molecular complexity index is 455. The summed E-state index contributed by atoms with van der Waals surface area (Å²) in [6.45, 7) is 12.2. The third kappa shape index (κ3) is 3.45. The van der Waals surface area contributed by atoms with Crippen molar-refractivity contribution in [3.8, 4) is 0 Å². The minimum absolute atomic E-state index is 0.722. The molecule has 1 aromatic carbocycles. The Morgan fingerprint density at radius 2 is 1.85 bits per heavy atom. The summed E-state index contributed by atoms with van der Waals surface area (Å²) >= 11 is 0. The average molecular weight is 271 g/mol. The van der Waals surface area contributed by atoms with Crippen molar-refractivity contribution in [3.63, 3.8) is 0 Å². The lowest BCUT2D eigenvalue weighted by atomic mass is 9.89. The quantitative estimate of drug-likeness (QED) is 0.632. The van der Waals surface area contributed by atoms with Gasteiger partial charge in [0, 0.05) is 17.9 Å². The van der Waals surface area contributed by atoms with Crippen LogP contribution in [0.15, 0.2) is 30.5 Å². The Morgan fingerprint density at radius 1 is 1.15 bits per heavy atom. The Labute approximate surface area is 124 Å². The average Bonchev–Trinajstić information content (AvgIpc) is 2.84. The fourth-order valence-electron chi connectivity index (χ4n) is 3.40. The zero-order valence-electron chi connectivity index (χ0n) is 13.4. The predicted octanol–water partition coefficient (Wildman–Crippen LogP) is 5.79. The first-order valence-corrected chi connectivity index (χ1v) is 8.22. The molecule has 1 saturated heterocycles. The van der Waals surface area contributed by atoms with Gasteiger partial charge < -0.3 is 4.90 Å². The van der Waals surface area contributed by atoms with Crippen LogP contribution in [0.1, 0.15) is 69.4 Å². The third-order valence-electron chi connectivity index (χ3n) is 4.37. The van der Waals surface area contributed by atoms with Gasteiger partial charge in [0.05, 0.1) is 0 Å². The van der Waals surface area contributed by atoms with Crippen LogP contribution in [-0.4, -0.2) is 6.54 Å². The highest BCUT2D eigenvalue weighted by Crippen LogP contribution is 2.33. The van der Waals surface area contributed by atoms with Gasteiger partial charge in [0.15, 0.2) is 0 Å². The number of aryl methyl sites for hydroxylation is 1. The van der Waals surface area contributed by atoms with Crippen LogP contribution in [0.25, 0.3) is 0 Å². The first kappa shape index (κ1) is 15.2. The number of rotatable bonds is 6. The van der Waals surface area contributed by atoms with Crippen LogP contribution in [0.2, 0.25) is 0 Å². The van der Waals surface area contributed by atoms with E-state index in [2.05, 4.69) is 50.4 Å². The van der Waals surface area contributed by atoms with Crippen molar-refractivity contribution in [2.75, 3.05) is 11.4 Å². The van der Waals surface area contributed by atoms with E-state index in [1.165, 1.54) is 54.6 Å². The summed E-state index contributed by atoms with van der Waals surface area (Å²) in [7, 11) is 0. The van der Waals surface area contributed by atoms with Crippen molar-refractivity contribution in [1.29, 1.82) is 0 Å². The monoisotopic (exact) mass is 271 g/mol. The summed E-state index contributed by atoms with van der Waals surface area (Å²) in [5.74, 6) is 0.722. The molecule has 1 heteroatoms. The van der Waals surface area contributed by atoms with E-state index < -0.39 is 0 Å². The molecule has 0 bridgehead atoms. The number of benzene rings is 1. The fraction of sp³-hybridized carbons (Fsp3) is 0.579. The molecule has 0 spiro atoms. The van der Waals surface area contributed by atoms with E-state index in [-0.39, 0.29) is 0 Å². The molecule has 0 saturated carbocycles. The summed E-state index contributed by atoms with van der Waals surface area (Å²) < 4.78 is 0. The Kier molecular flexibility index (Phi) is 5.28. The van der Waals surface area contributed by atoms with Gasteiger partial charge in [0.2, 0.25) is 0 Å². The summed E-state index contributed by atoms with van der Waals surface area (Å²) in [5, 5.41) is 0. The lowest BCUT2D eigenvalue weighted by Crippen LogP contribution is -2.16. The predicted molar refractivity (Wildman–Crippen MR) is 89.5 cm³/mol. The van der Waals surface area contributed by atoms with Crippen molar-refractivity contribution in [2.45, 2.75) is 65.2 Å². The Hall–Kier alpha value is -1.24. The van der Waals surface area contributed by atoms with Gasteiger partial charge >= 0.3 is 0 Å². The zero-order chi connectivity index (χ0) is 14.5. The van der Waals surface area contributed by atoms with Gasteiger partial charge in [-0.3, -0.25) is 0 Å². The van der Waals surface area contributed by atoms with Crippen molar-refractivity contribution in [3.05, 3.63) is 41.6 Å². The standard InChI is InChI=1S/C19H29N/c1-5-8-17(9-6-2)18-12-15(3)13-19(14-18)20-11-7-10-16(20)4/h12-14,17H,4-11H2,1-3H3. The van der Waals surface area contributed by atoms with E-state index in [0.29, 0.717) is 0 Å². The minimum Gasteiger partial charge on any atom is -0.346 e.